The number of amides is 2. The third-order valence-electron chi connectivity index (χ3n) is 4.06. The van der Waals surface area contributed by atoms with Gasteiger partial charge < -0.3 is 4.79 Å². The zero-order chi connectivity index (χ0) is 17.0. The van der Waals surface area contributed by atoms with E-state index in [1.807, 2.05) is 6.92 Å². The van der Waals surface area contributed by atoms with Crippen LogP contribution in [0.5, 0.6) is 0 Å². The van der Waals surface area contributed by atoms with Crippen molar-refractivity contribution in [3.63, 3.8) is 0 Å². The molecule has 0 N–H and O–H groups in total. The number of aldehydes is 1. The number of hydrogen-bond donors (Lipinski definition) is 0. The molecule has 2 amide bonds. The maximum Gasteiger partial charge on any atom is 0.299 e. The van der Waals surface area contributed by atoms with Crippen molar-refractivity contribution in [2.45, 2.75) is 38.8 Å². The maximum atomic E-state index is 12.4. The first-order valence-electron chi connectivity index (χ1n) is 7.57. The molecule has 0 spiro atoms. The molecule has 1 heterocycles. The molecule has 0 aliphatic carbocycles. The Balaban J connectivity index is 2.38. The van der Waals surface area contributed by atoms with Crippen LogP contribution in [-0.2, 0) is 4.79 Å². The predicted molar refractivity (Wildman–Crippen MR) is 81.4 cm³/mol. The fourth-order valence-corrected chi connectivity index (χ4v) is 2.90. The third kappa shape index (κ3) is 3.13. The average Bonchev–Trinajstić information content (AvgIpc) is 2.78. The van der Waals surface area contributed by atoms with Gasteiger partial charge >= 0.3 is 0 Å². The minimum absolute atomic E-state index is 0.0565. The minimum atomic E-state index is -1.51. The summed E-state index contributed by atoms with van der Waals surface area (Å²) < 4.78 is 0. The van der Waals surface area contributed by atoms with Crippen molar-refractivity contribution in [2.24, 2.45) is 5.92 Å². The van der Waals surface area contributed by atoms with Crippen molar-refractivity contribution < 1.29 is 19.3 Å². The average molecular weight is 318 g/mol. The lowest BCUT2D eigenvalue weighted by Crippen LogP contribution is -2.49. The summed E-state index contributed by atoms with van der Waals surface area (Å²) in [5.74, 6) is -2.01. The molecule has 7 heteroatoms. The fraction of sp³-hybridized carbons (Fsp3) is 0.438. The molecule has 0 saturated carbocycles. The molecule has 0 unspecified atom stereocenters. The molecule has 0 radical (unpaired) electrons. The van der Waals surface area contributed by atoms with Gasteiger partial charge in [0, 0.05) is 11.3 Å². The van der Waals surface area contributed by atoms with Gasteiger partial charge in [0.05, 0.1) is 17.0 Å². The molecule has 122 valence electrons. The number of carbonyl (C=O) groups excluding carboxylic acids is 3. The molecule has 23 heavy (non-hydrogen) atoms. The highest BCUT2D eigenvalue weighted by molar-refractivity contribution is 6.21. The zero-order valence-electron chi connectivity index (χ0n) is 12.8. The maximum absolute atomic E-state index is 12.4. The Kier molecular flexibility index (Phi) is 5.20. The Labute approximate surface area is 133 Å². The number of benzene rings is 1. The first-order chi connectivity index (χ1) is 11.0. The van der Waals surface area contributed by atoms with E-state index in [1.54, 1.807) is 12.1 Å². The fourth-order valence-electron chi connectivity index (χ4n) is 2.90. The van der Waals surface area contributed by atoms with Crippen LogP contribution in [0.2, 0.25) is 0 Å². The topological polar surface area (TPSA) is 97.6 Å². The Hall–Kier alpha value is -2.57. The zero-order valence-corrected chi connectivity index (χ0v) is 12.8. The number of rotatable bonds is 8. The molecule has 2 atom stereocenters. The number of hydrogen-bond acceptors (Lipinski definition) is 5. The summed E-state index contributed by atoms with van der Waals surface area (Å²) in [5, 5.41) is 11.6. The van der Waals surface area contributed by atoms with E-state index in [0.29, 0.717) is 24.0 Å². The molecule has 0 saturated heterocycles. The van der Waals surface area contributed by atoms with E-state index >= 15 is 0 Å². The van der Waals surface area contributed by atoms with Gasteiger partial charge in [0.2, 0.25) is 0 Å². The number of nitro groups is 1. The second kappa shape index (κ2) is 7.13. The minimum Gasteiger partial charge on any atom is -0.303 e. The summed E-state index contributed by atoms with van der Waals surface area (Å²) in [6.07, 6.45) is 0.940. The summed E-state index contributed by atoms with van der Waals surface area (Å²) in [5.41, 5.74) is 0.342. The standard InChI is InChI=1S/C16H18N2O5/c1-2-3-6-11(9-10-19)14(18(22)23)17-15(20)12-7-4-5-8-13(12)16(17)21/h4-5,7-8,10-11,14H,2-3,6,9H2,1H3/t11-,14-/m1/s1. The Morgan fingerprint density at radius 3 is 2.22 bits per heavy atom. The second-order valence-electron chi connectivity index (χ2n) is 5.53. The molecule has 2 rings (SSSR count). The highest BCUT2D eigenvalue weighted by Gasteiger charge is 2.48. The van der Waals surface area contributed by atoms with Crippen LogP contribution in [-0.4, -0.2) is 34.1 Å². The van der Waals surface area contributed by atoms with Crippen molar-refractivity contribution in [2.75, 3.05) is 0 Å². The van der Waals surface area contributed by atoms with Gasteiger partial charge in [-0.3, -0.25) is 19.7 Å². The predicted octanol–water partition coefficient (Wildman–Crippen LogP) is 2.28. The molecular weight excluding hydrogens is 300 g/mol. The van der Waals surface area contributed by atoms with Crippen LogP contribution in [0.25, 0.3) is 0 Å². The van der Waals surface area contributed by atoms with Crippen LogP contribution in [0.15, 0.2) is 24.3 Å². The van der Waals surface area contributed by atoms with Gasteiger partial charge in [-0.05, 0) is 18.6 Å². The molecule has 0 fully saturated rings. The van der Waals surface area contributed by atoms with Crippen molar-refractivity contribution in [3.8, 4) is 0 Å². The summed E-state index contributed by atoms with van der Waals surface area (Å²) in [6.45, 7) is 1.93. The summed E-state index contributed by atoms with van der Waals surface area (Å²) in [7, 11) is 0. The molecule has 0 aromatic heterocycles. The molecular formula is C16H18N2O5. The van der Waals surface area contributed by atoms with Crippen LogP contribution in [0.1, 0.15) is 53.3 Å². The molecule has 1 aromatic carbocycles. The first-order valence-corrected chi connectivity index (χ1v) is 7.57. The monoisotopic (exact) mass is 318 g/mol. The Bertz CT molecular complexity index is 608. The summed E-state index contributed by atoms with van der Waals surface area (Å²) in [6, 6.07) is 6.17. The van der Waals surface area contributed by atoms with E-state index in [-0.39, 0.29) is 17.5 Å². The van der Waals surface area contributed by atoms with Gasteiger partial charge in [0.1, 0.15) is 6.29 Å². The van der Waals surface area contributed by atoms with Gasteiger partial charge in [-0.15, -0.1) is 0 Å². The lowest BCUT2D eigenvalue weighted by Gasteiger charge is -2.25. The van der Waals surface area contributed by atoms with Crippen molar-refractivity contribution in [1.82, 2.24) is 4.90 Å². The van der Waals surface area contributed by atoms with Crippen LogP contribution < -0.4 is 0 Å². The van der Waals surface area contributed by atoms with E-state index in [4.69, 9.17) is 0 Å². The van der Waals surface area contributed by atoms with Crippen LogP contribution >= 0.6 is 0 Å². The number of carbonyl (C=O) groups is 3. The van der Waals surface area contributed by atoms with E-state index in [0.717, 1.165) is 6.42 Å². The molecule has 1 aliphatic heterocycles. The van der Waals surface area contributed by atoms with Gasteiger partial charge in [-0.2, -0.15) is 0 Å². The normalized spacial score (nSPS) is 16.1. The largest absolute Gasteiger partial charge is 0.303 e. The Morgan fingerprint density at radius 2 is 1.78 bits per heavy atom. The number of fused-ring (bicyclic) bond motifs is 1. The van der Waals surface area contributed by atoms with Crippen molar-refractivity contribution in [1.29, 1.82) is 0 Å². The second-order valence-corrected chi connectivity index (χ2v) is 5.53. The smallest absolute Gasteiger partial charge is 0.299 e. The molecule has 0 bridgehead atoms. The van der Waals surface area contributed by atoms with Crippen molar-refractivity contribution in [3.05, 3.63) is 45.5 Å². The van der Waals surface area contributed by atoms with E-state index < -0.39 is 28.8 Å². The number of imide groups is 1. The summed E-state index contributed by atoms with van der Waals surface area (Å²) >= 11 is 0. The van der Waals surface area contributed by atoms with Crippen molar-refractivity contribution >= 4 is 18.1 Å². The van der Waals surface area contributed by atoms with Crippen LogP contribution in [0.3, 0.4) is 0 Å². The third-order valence-corrected chi connectivity index (χ3v) is 4.06. The number of nitrogens with zero attached hydrogens (tertiary/aromatic N) is 2. The molecule has 1 aromatic rings. The summed E-state index contributed by atoms with van der Waals surface area (Å²) in [4.78, 5) is 47.4. The van der Waals surface area contributed by atoms with Gasteiger partial charge in [0.25, 0.3) is 18.0 Å². The van der Waals surface area contributed by atoms with E-state index in [9.17, 15) is 24.5 Å². The highest BCUT2D eigenvalue weighted by atomic mass is 16.6. The van der Waals surface area contributed by atoms with Gasteiger partial charge in [0.15, 0.2) is 0 Å². The van der Waals surface area contributed by atoms with Gasteiger partial charge in [-0.25, -0.2) is 4.90 Å². The lowest BCUT2D eigenvalue weighted by atomic mass is 9.95. The van der Waals surface area contributed by atoms with Crippen LogP contribution in [0, 0.1) is 16.0 Å². The van der Waals surface area contributed by atoms with E-state index in [1.165, 1.54) is 12.1 Å². The first kappa shape index (κ1) is 16.8. The quantitative estimate of drug-likeness (QED) is 0.317. The van der Waals surface area contributed by atoms with Crippen LogP contribution in [0.4, 0.5) is 0 Å². The SMILES string of the molecule is CCCC[C@H](CC=O)[C@H](N1C(=O)c2ccccc2C1=O)[N+](=O)[O-]. The van der Waals surface area contributed by atoms with Gasteiger partial charge in [-0.1, -0.05) is 31.9 Å². The number of unbranched alkanes of at least 4 members (excludes halogenated alkanes) is 1. The molecule has 1 aliphatic rings. The Morgan fingerprint density at radius 1 is 1.22 bits per heavy atom. The van der Waals surface area contributed by atoms with E-state index in [2.05, 4.69) is 0 Å². The lowest BCUT2D eigenvalue weighted by molar-refractivity contribution is -0.551. The molecule has 7 nitrogen and oxygen atoms in total. The highest BCUT2D eigenvalue weighted by Crippen LogP contribution is 2.30.